The van der Waals surface area contributed by atoms with Gasteiger partial charge in [0, 0.05) is 15.1 Å². The van der Waals surface area contributed by atoms with Gasteiger partial charge in [-0.25, -0.2) is 8.42 Å². The molecule has 21 heavy (non-hydrogen) atoms. The maximum Gasteiger partial charge on any atom is 0.236 e. The molecule has 0 saturated heterocycles. The Morgan fingerprint density at radius 3 is 2.52 bits per heavy atom. The molecule has 0 bridgehead atoms. The Bertz CT molecular complexity index is 750. The second-order valence-corrected chi connectivity index (χ2v) is 7.83. The van der Waals surface area contributed by atoms with Gasteiger partial charge in [-0.2, -0.15) is 0 Å². The van der Waals surface area contributed by atoms with Crippen molar-refractivity contribution in [2.75, 3.05) is 4.72 Å². The average Bonchev–Trinajstić information content (AvgIpc) is 2.41. The second kappa shape index (κ2) is 6.95. The third kappa shape index (κ3) is 4.84. The summed E-state index contributed by atoms with van der Waals surface area (Å²) < 4.78 is 27.8. The molecule has 0 aliphatic carbocycles. The third-order valence-electron chi connectivity index (χ3n) is 2.78. The van der Waals surface area contributed by atoms with Crippen molar-refractivity contribution in [2.45, 2.75) is 12.3 Å². The maximum absolute atomic E-state index is 12.2. The van der Waals surface area contributed by atoms with Gasteiger partial charge in [0.1, 0.15) is 0 Å². The minimum atomic E-state index is -3.49. The topological polar surface area (TPSA) is 72.2 Å². The lowest BCUT2D eigenvalue weighted by Crippen LogP contribution is -2.16. The van der Waals surface area contributed by atoms with Crippen molar-refractivity contribution in [1.29, 1.82) is 0 Å². The number of anilines is 1. The van der Waals surface area contributed by atoms with Crippen LogP contribution in [0.2, 0.25) is 5.02 Å². The zero-order valence-corrected chi connectivity index (χ0v) is 14.7. The zero-order chi connectivity index (χ0) is 15.5. The summed E-state index contributed by atoms with van der Waals surface area (Å²) >= 11 is 7.90. The van der Waals surface area contributed by atoms with E-state index in [1.165, 1.54) is 0 Å². The summed E-state index contributed by atoms with van der Waals surface area (Å²) in [5.74, 6) is -0.0977. The SMILES string of the molecule is NCc1cccc(CS(=O)(=O)Nc2ccc(Cl)cc2I)c1. The summed E-state index contributed by atoms with van der Waals surface area (Å²) in [6.07, 6.45) is 0. The molecule has 0 spiro atoms. The predicted molar refractivity (Wildman–Crippen MR) is 94.7 cm³/mol. The fourth-order valence-corrected chi connectivity index (χ4v) is 4.23. The van der Waals surface area contributed by atoms with E-state index in [2.05, 4.69) is 4.72 Å². The molecule has 0 unspecified atom stereocenters. The highest BCUT2D eigenvalue weighted by atomic mass is 127. The zero-order valence-electron chi connectivity index (χ0n) is 11.0. The molecule has 0 saturated carbocycles. The molecule has 0 heterocycles. The molecule has 0 aliphatic heterocycles. The highest BCUT2D eigenvalue weighted by molar-refractivity contribution is 14.1. The van der Waals surface area contributed by atoms with Crippen molar-refractivity contribution in [1.82, 2.24) is 0 Å². The van der Waals surface area contributed by atoms with E-state index in [9.17, 15) is 8.42 Å². The Morgan fingerprint density at radius 1 is 1.14 bits per heavy atom. The van der Waals surface area contributed by atoms with E-state index in [1.54, 1.807) is 36.4 Å². The van der Waals surface area contributed by atoms with Gasteiger partial charge in [-0.3, -0.25) is 4.72 Å². The summed E-state index contributed by atoms with van der Waals surface area (Å²) in [7, 11) is -3.49. The Balaban J connectivity index is 2.18. The van der Waals surface area contributed by atoms with Crippen LogP contribution in [0.1, 0.15) is 11.1 Å². The molecule has 7 heteroatoms. The highest BCUT2D eigenvalue weighted by Gasteiger charge is 2.14. The van der Waals surface area contributed by atoms with Gasteiger partial charge >= 0.3 is 0 Å². The molecule has 112 valence electrons. The van der Waals surface area contributed by atoms with Crippen molar-refractivity contribution in [2.24, 2.45) is 5.73 Å². The Kier molecular flexibility index (Phi) is 5.48. The fourth-order valence-electron chi connectivity index (χ4n) is 1.84. The number of rotatable bonds is 5. The average molecular weight is 437 g/mol. The molecule has 0 atom stereocenters. The first-order valence-corrected chi connectivity index (χ1v) is 9.24. The molecule has 4 nitrogen and oxygen atoms in total. The lowest BCUT2D eigenvalue weighted by molar-refractivity contribution is 0.600. The normalized spacial score (nSPS) is 11.4. The van der Waals surface area contributed by atoms with Crippen LogP contribution in [0.3, 0.4) is 0 Å². The number of benzene rings is 2. The van der Waals surface area contributed by atoms with Gasteiger partial charge in [0.15, 0.2) is 0 Å². The minimum absolute atomic E-state index is 0.0977. The number of sulfonamides is 1. The number of halogens is 2. The third-order valence-corrected chi connectivity index (χ3v) is 5.15. The molecule has 2 aromatic carbocycles. The summed E-state index contributed by atoms with van der Waals surface area (Å²) in [5.41, 5.74) is 7.69. The van der Waals surface area contributed by atoms with E-state index in [1.807, 2.05) is 28.7 Å². The Morgan fingerprint density at radius 2 is 1.86 bits per heavy atom. The van der Waals surface area contributed by atoms with E-state index in [4.69, 9.17) is 17.3 Å². The first kappa shape index (κ1) is 16.5. The smallest absolute Gasteiger partial charge is 0.236 e. The first-order chi connectivity index (χ1) is 9.89. The van der Waals surface area contributed by atoms with Crippen LogP contribution in [0.15, 0.2) is 42.5 Å². The van der Waals surface area contributed by atoms with Crippen molar-refractivity contribution in [3.63, 3.8) is 0 Å². The number of hydrogen-bond acceptors (Lipinski definition) is 3. The van der Waals surface area contributed by atoms with Gasteiger partial charge < -0.3 is 5.73 Å². The largest absolute Gasteiger partial charge is 0.326 e. The van der Waals surface area contributed by atoms with Crippen LogP contribution < -0.4 is 10.5 Å². The highest BCUT2D eigenvalue weighted by Crippen LogP contribution is 2.24. The van der Waals surface area contributed by atoms with E-state index in [0.717, 1.165) is 9.13 Å². The minimum Gasteiger partial charge on any atom is -0.326 e. The van der Waals surface area contributed by atoms with Crippen LogP contribution in [-0.4, -0.2) is 8.42 Å². The van der Waals surface area contributed by atoms with Crippen LogP contribution in [0.25, 0.3) is 0 Å². The molecule has 0 aromatic heterocycles. The van der Waals surface area contributed by atoms with Gasteiger partial charge in [0.05, 0.1) is 11.4 Å². The number of nitrogens with one attached hydrogen (secondary N) is 1. The lowest BCUT2D eigenvalue weighted by atomic mass is 10.1. The number of nitrogens with two attached hydrogens (primary N) is 1. The lowest BCUT2D eigenvalue weighted by Gasteiger charge is -2.10. The summed E-state index contributed by atoms with van der Waals surface area (Å²) in [5, 5.41) is 0.568. The molecular formula is C14H14ClIN2O2S. The molecule has 0 radical (unpaired) electrons. The summed E-state index contributed by atoms with van der Waals surface area (Å²) in [6, 6.07) is 12.2. The molecule has 2 aromatic rings. The predicted octanol–water partition coefficient (Wildman–Crippen LogP) is 3.35. The molecule has 3 N–H and O–H groups in total. The van der Waals surface area contributed by atoms with Gasteiger partial charge in [0.2, 0.25) is 10.0 Å². The molecular weight excluding hydrogens is 423 g/mol. The van der Waals surface area contributed by atoms with Crippen LogP contribution in [-0.2, 0) is 22.3 Å². The molecule has 0 aliphatic rings. The Hall–Kier alpha value is -0.830. The quantitative estimate of drug-likeness (QED) is 0.706. The van der Waals surface area contributed by atoms with E-state index in [-0.39, 0.29) is 5.75 Å². The van der Waals surface area contributed by atoms with Gasteiger partial charge in [-0.15, -0.1) is 0 Å². The monoisotopic (exact) mass is 436 g/mol. The summed E-state index contributed by atoms with van der Waals surface area (Å²) in [6.45, 7) is 0.385. The van der Waals surface area contributed by atoms with Gasteiger partial charge in [-0.05, 0) is 51.9 Å². The standard InChI is InChI=1S/C14H14ClIN2O2S/c15-12-4-5-14(13(16)7-12)18-21(19,20)9-11-3-1-2-10(6-11)8-17/h1-7,18H,8-9,17H2. The summed E-state index contributed by atoms with van der Waals surface area (Å²) in [4.78, 5) is 0. The van der Waals surface area contributed by atoms with Crippen LogP contribution in [0, 0.1) is 3.57 Å². The van der Waals surface area contributed by atoms with E-state index in [0.29, 0.717) is 22.8 Å². The molecule has 2 rings (SSSR count). The van der Waals surface area contributed by atoms with E-state index >= 15 is 0 Å². The molecule has 0 fully saturated rings. The van der Waals surface area contributed by atoms with Crippen molar-refractivity contribution in [3.8, 4) is 0 Å². The van der Waals surface area contributed by atoms with Gasteiger partial charge in [0.25, 0.3) is 0 Å². The van der Waals surface area contributed by atoms with Crippen LogP contribution in [0.4, 0.5) is 5.69 Å². The van der Waals surface area contributed by atoms with Crippen molar-refractivity contribution in [3.05, 3.63) is 62.2 Å². The van der Waals surface area contributed by atoms with Crippen LogP contribution >= 0.6 is 34.2 Å². The Labute approximate surface area is 142 Å². The maximum atomic E-state index is 12.2. The van der Waals surface area contributed by atoms with Crippen molar-refractivity contribution >= 4 is 49.9 Å². The first-order valence-electron chi connectivity index (χ1n) is 6.13. The number of hydrogen-bond donors (Lipinski definition) is 2. The second-order valence-electron chi connectivity index (χ2n) is 4.51. The molecule has 0 amide bonds. The fraction of sp³-hybridized carbons (Fsp3) is 0.143. The van der Waals surface area contributed by atoms with Crippen molar-refractivity contribution < 1.29 is 8.42 Å². The van der Waals surface area contributed by atoms with Gasteiger partial charge in [-0.1, -0.05) is 35.9 Å². The van der Waals surface area contributed by atoms with Crippen LogP contribution in [0.5, 0.6) is 0 Å². The van der Waals surface area contributed by atoms with E-state index < -0.39 is 10.0 Å².